The molecule has 0 radical (unpaired) electrons. The topological polar surface area (TPSA) is 67.4 Å². The molecule has 0 aliphatic heterocycles. The maximum absolute atomic E-state index is 11.9. The first-order valence-corrected chi connectivity index (χ1v) is 7.97. The Balaban J connectivity index is 2.48. The second kappa shape index (κ2) is 7.36. The monoisotopic (exact) mass is 332 g/mol. The zero-order chi connectivity index (χ0) is 15.2. The number of halogens is 3. The van der Waals surface area contributed by atoms with Crippen LogP contribution in [0.1, 0.15) is 4.88 Å². The van der Waals surface area contributed by atoms with Crippen LogP contribution in [0.25, 0.3) is 0 Å². The number of alkyl halides is 3. The second-order valence-electron chi connectivity index (χ2n) is 3.80. The molecule has 1 aromatic heterocycles. The van der Waals surface area contributed by atoms with E-state index in [2.05, 4.69) is 14.8 Å². The number of hydrogen-bond acceptors (Lipinski definition) is 5. The lowest BCUT2D eigenvalue weighted by Gasteiger charge is -2.09. The molecule has 20 heavy (non-hydrogen) atoms. The first-order valence-electron chi connectivity index (χ1n) is 5.61. The van der Waals surface area contributed by atoms with Crippen LogP contribution in [-0.4, -0.2) is 41.4 Å². The fraction of sp³-hybridized carbons (Fsp3) is 0.600. The van der Waals surface area contributed by atoms with E-state index in [9.17, 15) is 21.6 Å². The molecule has 0 amide bonds. The zero-order valence-corrected chi connectivity index (χ0v) is 12.3. The predicted molar refractivity (Wildman–Crippen MR) is 69.1 cm³/mol. The lowest BCUT2D eigenvalue weighted by atomic mass is 10.5. The van der Waals surface area contributed by atoms with Crippen molar-refractivity contribution in [3.63, 3.8) is 0 Å². The van der Waals surface area contributed by atoms with E-state index in [1.165, 1.54) is 17.4 Å². The van der Waals surface area contributed by atoms with Gasteiger partial charge in [0.05, 0.1) is 11.5 Å². The fourth-order valence-electron chi connectivity index (χ4n) is 1.37. The van der Waals surface area contributed by atoms with Crippen LogP contribution in [-0.2, 0) is 21.3 Å². The predicted octanol–water partition coefficient (Wildman–Crippen LogP) is 1.32. The van der Waals surface area contributed by atoms with Gasteiger partial charge in [-0.3, -0.25) is 0 Å². The Morgan fingerprint density at radius 2 is 2.10 bits per heavy atom. The van der Waals surface area contributed by atoms with Crippen molar-refractivity contribution in [1.29, 1.82) is 0 Å². The van der Waals surface area contributed by atoms with Crippen molar-refractivity contribution < 1.29 is 26.3 Å². The molecule has 10 heteroatoms. The first-order chi connectivity index (χ1) is 9.26. The normalized spacial score (nSPS) is 12.8. The number of thiophene rings is 1. The van der Waals surface area contributed by atoms with E-state index in [0.717, 1.165) is 0 Å². The third-order valence-corrected chi connectivity index (χ3v) is 4.73. The maximum atomic E-state index is 11.9. The van der Waals surface area contributed by atoms with Gasteiger partial charge in [0.2, 0.25) is 10.0 Å². The molecule has 1 heterocycles. The van der Waals surface area contributed by atoms with Gasteiger partial charge in [0.25, 0.3) is 0 Å². The molecule has 0 unspecified atom stereocenters. The highest BCUT2D eigenvalue weighted by Crippen LogP contribution is 2.21. The molecule has 0 spiro atoms. The van der Waals surface area contributed by atoms with Crippen LogP contribution in [0.15, 0.2) is 16.3 Å². The molecule has 0 atom stereocenters. The second-order valence-corrected chi connectivity index (χ2v) is 6.54. The molecule has 2 N–H and O–H groups in total. The number of rotatable bonds is 8. The van der Waals surface area contributed by atoms with Crippen LogP contribution >= 0.6 is 11.3 Å². The third-order valence-electron chi connectivity index (χ3n) is 2.14. The largest absolute Gasteiger partial charge is 0.411 e. The average molecular weight is 332 g/mol. The van der Waals surface area contributed by atoms with Crippen molar-refractivity contribution >= 4 is 21.4 Å². The lowest BCUT2D eigenvalue weighted by molar-refractivity contribution is -0.173. The molecule has 0 aliphatic rings. The summed E-state index contributed by atoms with van der Waals surface area (Å²) in [6, 6.07) is 1.45. The summed E-state index contributed by atoms with van der Waals surface area (Å²) in [5.41, 5.74) is 0. The van der Waals surface area contributed by atoms with Crippen molar-refractivity contribution in [2.75, 3.05) is 26.8 Å². The number of hydrogen-bond donors (Lipinski definition) is 2. The smallest absolute Gasteiger partial charge is 0.371 e. The van der Waals surface area contributed by atoms with Crippen LogP contribution < -0.4 is 10.0 Å². The van der Waals surface area contributed by atoms with Gasteiger partial charge in [-0.2, -0.15) is 13.2 Å². The molecule has 116 valence electrons. The summed E-state index contributed by atoms with van der Waals surface area (Å²) in [6.45, 7) is -1.55. The molecular weight excluding hydrogens is 317 g/mol. The van der Waals surface area contributed by atoms with E-state index in [1.54, 1.807) is 12.4 Å². The molecule has 5 nitrogen and oxygen atoms in total. The van der Waals surface area contributed by atoms with Gasteiger partial charge in [0, 0.05) is 18.0 Å². The molecule has 0 fully saturated rings. The minimum absolute atomic E-state index is 0.132. The molecule has 0 saturated heterocycles. The summed E-state index contributed by atoms with van der Waals surface area (Å²) in [5, 5.41) is 4.48. The Morgan fingerprint density at radius 1 is 1.40 bits per heavy atom. The highest BCUT2D eigenvalue weighted by Gasteiger charge is 2.27. The van der Waals surface area contributed by atoms with Gasteiger partial charge in [0.1, 0.15) is 6.61 Å². The highest BCUT2D eigenvalue weighted by molar-refractivity contribution is 7.89. The van der Waals surface area contributed by atoms with Crippen LogP contribution in [0.3, 0.4) is 0 Å². The van der Waals surface area contributed by atoms with Crippen molar-refractivity contribution in [2.45, 2.75) is 17.6 Å². The molecule has 1 rings (SSSR count). The fourth-order valence-corrected chi connectivity index (χ4v) is 3.84. The molecule has 1 aromatic rings. The summed E-state index contributed by atoms with van der Waals surface area (Å²) in [6.07, 6.45) is -4.41. The SMILES string of the molecule is CNCc1sccc1S(=O)(=O)NCCOCC(F)(F)F. The summed E-state index contributed by atoms with van der Waals surface area (Å²) < 4.78 is 65.8. The van der Waals surface area contributed by atoms with Crippen LogP contribution in [0.5, 0.6) is 0 Å². The molecule has 0 saturated carbocycles. The average Bonchev–Trinajstić information content (AvgIpc) is 2.76. The summed E-state index contributed by atoms with van der Waals surface area (Å²) in [5.74, 6) is 0. The van der Waals surface area contributed by atoms with E-state index in [1.807, 2.05) is 0 Å². The van der Waals surface area contributed by atoms with Gasteiger partial charge in [-0.05, 0) is 18.5 Å². The van der Waals surface area contributed by atoms with E-state index < -0.39 is 22.8 Å². The Bertz CT molecular complexity index is 514. The standard InChI is InChI=1S/C10H15F3N2O3S2/c1-14-6-8-9(2-5-19-8)20(16,17)15-3-4-18-7-10(11,12)13/h2,5,14-15H,3-4,6-7H2,1H3. The molecule has 0 aliphatic carbocycles. The summed E-state index contributed by atoms with van der Waals surface area (Å²) >= 11 is 1.29. The van der Waals surface area contributed by atoms with Crippen molar-refractivity contribution in [2.24, 2.45) is 0 Å². The minimum atomic E-state index is -4.41. The first kappa shape index (κ1) is 17.4. The van der Waals surface area contributed by atoms with E-state index in [0.29, 0.717) is 11.4 Å². The molecular formula is C10H15F3N2O3S2. The summed E-state index contributed by atoms with van der Waals surface area (Å²) in [4.78, 5) is 0.767. The number of sulfonamides is 1. The van der Waals surface area contributed by atoms with Crippen LogP contribution in [0, 0.1) is 0 Å². The van der Waals surface area contributed by atoms with Gasteiger partial charge >= 0.3 is 6.18 Å². The Kier molecular flexibility index (Phi) is 6.40. The Hall–Kier alpha value is -0.680. The van der Waals surface area contributed by atoms with Gasteiger partial charge in [-0.1, -0.05) is 0 Å². The quantitative estimate of drug-likeness (QED) is 0.705. The van der Waals surface area contributed by atoms with E-state index in [4.69, 9.17) is 0 Å². The summed E-state index contributed by atoms with van der Waals surface area (Å²) in [7, 11) is -2.04. The van der Waals surface area contributed by atoms with Crippen LogP contribution in [0.4, 0.5) is 13.2 Å². The number of ether oxygens (including phenoxy) is 1. The maximum Gasteiger partial charge on any atom is 0.411 e. The van der Waals surface area contributed by atoms with Gasteiger partial charge < -0.3 is 10.1 Å². The third kappa shape index (κ3) is 5.75. The Labute approximate surface area is 119 Å². The van der Waals surface area contributed by atoms with Gasteiger partial charge in [0.15, 0.2) is 0 Å². The van der Waals surface area contributed by atoms with Crippen molar-refractivity contribution in [3.8, 4) is 0 Å². The van der Waals surface area contributed by atoms with Crippen LogP contribution in [0.2, 0.25) is 0 Å². The lowest BCUT2D eigenvalue weighted by Crippen LogP contribution is -2.29. The van der Waals surface area contributed by atoms with Gasteiger partial charge in [-0.25, -0.2) is 13.1 Å². The molecule has 0 bridgehead atoms. The van der Waals surface area contributed by atoms with Crippen molar-refractivity contribution in [1.82, 2.24) is 10.0 Å². The van der Waals surface area contributed by atoms with E-state index in [-0.39, 0.29) is 18.0 Å². The van der Waals surface area contributed by atoms with Crippen molar-refractivity contribution in [3.05, 3.63) is 16.3 Å². The van der Waals surface area contributed by atoms with Gasteiger partial charge in [-0.15, -0.1) is 11.3 Å². The molecule has 0 aromatic carbocycles. The number of nitrogens with one attached hydrogen (secondary N) is 2. The Morgan fingerprint density at radius 3 is 2.70 bits per heavy atom. The minimum Gasteiger partial charge on any atom is -0.371 e. The van der Waals surface area contributed by atoms with E-state index >= 15 is 0 Å². The zero-order valence-electron chi connectivity index (χ0n) is 10.7. The highest BCUT2D eigenvalue weighted by atomic mass is 32.2.